The van der Waals surface area contributed by atoms with E-state index in [0.717, 1.165) is 43.5 Å². The molecular formula is C13H20N4O2S. The first kappa shape index (κ1) is 13.6. The lowest BCUT2D eigenvalue weighted by Gasteiger charge is -2.26. The lowest BCUT2D eigenvalue weighted by Crippen LogP contribution is -2.30. The summed E-state index contributed by atoms with van der Waals surface area (Å²) >= 11 is 1.24. The van der Waals surface area contributed by atoms with Crippen LogP contribution in [0.15, 0.2) is 0 Å². The Balaban J connectivity index is 1.68. The molecule has 2 saturated carbocycles. The summed E-state index contributed by atoms with van der Waals surface area (Å²) in [5, 5.41) is 16.6. The standard InChI is InChI=1S/C13H20N4O2S/c14-11-10(12(19)15-7-1-2-7)13(20-17-11)16-8-3-5-9(18)6-4-8/h7-9,16,18H,1-6H2,(H2,14,17)(H,15,19). The summed E-state index contributed by atoms with van der Waals surface area (Å²) in [6.07, 6.45) is 5.33. The Labute approximate surface area is 121 Å². The Bertz CT molecular complexity index is 493. The first-order valence-electron chi connectivity index (χ1n) is 7.14. The topological polar surface area (TPSA) is 100 Å². The molecule has 0 aromatic carbocycles. The third kappa shape index (κ3) is 3.04. The molecule has 2 fully saturated rings. The van der Waals surface area contributed by atoms with Gasteiger partial charge in [0.25, 0.3) is 5.91 Å². The number of rotatable bonds is 4. The normalized spacial score (nSPS) is 26.2. The molecular weight excluding hydrogens is 276 g/mol. The van der Waals surface area contributed by atoms with Crippen molar-refractivity contribution in [2.45, 2.75) is 56.7 Å². The summed E-state index contributed by atoms with van der Waals surface area (Å²) in [7, 11) is 0. The van der Waals surface area contributed by atoms with Crippen LogP contribution in [0.25, 0.3) is 0 Å². The van der Waals surface area contributed by atoms with Crippen LogP contribution in [0.1, 0.15) is 48.9 Å². The number of aliphatic hydroxyl groups is 1. The summed E-state index contributed by atoms with van der Waals surface area (Å²) in [6.45, 7) is 0. The van der Waals surface area contributed by atoms with Gasteiger partial charge in [0.1, 0.15) is 10.6 Å². The molecule has 1 aromatic heterocycles. The molecule has 20 heavy (non-hydrogen) atoms. The molecule has 0 atom stereocenters. The fraction of sp³-hybridized carbons (Fsp3) is 0.692. The van der Waals surface area contributed by atoms with E-state index >= 15 is 0 Å². The highest BCUT2D eigenvalue weighted by Crippen LogP contribution is 2.31. The van der Waals surface area contributed by atoms with Gasteiger partial charge in [0.2, 0.25) is 0 Å². The Morgan fingerprint density at radius 2 is 1.85 bits per heavy atom. The van der Waals surface area contributed by atoms with E-state index in [1.165, 1.54) is 11.5 Å². The molecule has 1 heterocycles. The molecule has 0 spiro atoms. The first-order chi connectivity index (χ1) is 9.63. The van der Waals surface area contributed by atoms with Crippen LogP contribution in [0.2, 0.25) is 0 Å². The van der Waals surface area contributed by atoms with Gasteiger partial charge in [-0.1, -0.05) is 0 Å². The van der Waals surface area contributed by atoms with E-state index in [1.807, 2.05) is 0 Å². The van der Waals surface area contributed by atoms with E-state index in [4.69, 9.17) is 5.73 Å². The number of aromatic nitrogens is 1. The molecule has 0 aliphatic heterocycles. The number of nitrogen functional groups attached to an aromatic ring is 1. The minimum Gasteiger partial charge on any atom is -0.393 e. The molecule has 0 saturated heterocycles. The number of nitrogens with zero attached hydrogens (tertiary/aromatic N) is 1. The van der Waals surface area contributed by atoms with Crippen molar-refractivity contribution in [2.75, 3.05) is 11.1 Å². The minimum absolute atomic E-state index is 0.128. The quantitative estimate of drug-likeness (QED) is 0.671. The molecule has 5 N–H and O–H groups in total. The van der Waals surface area contributed by atoms with Gasteiger partial charge in [-0.25, -0.2) is 0 Å². The van der Waals surface area contributed by atoms with Crippen molar-refractivity contribution in [1.29, 1.82) is 0 Å². The van der Waals surface area contributed by atoms with Crippen LogP contribution in [0, 0.1) is 0 Å². The van der Waals surface area contributed by atoms with Crippen molar-refractivity contribution in [1.82, 2.24) is 9.69 Å². The van der Waals surface area contributed by atoms with Crippen molar-refractivity contribution >= 4 is 28.3 Å². The number of anilines is 2. The average Bonchev–Trinajstić information content (AvgIpc) is 3.15. The highest BCUT2D eigenvalue weighted by molar-refractivity contribution is 7.11. The van der Waals surface area contributed by atoms with Gasteiger partial charge in [-0.15, -0.1) is 0 Å². The highest BCUT2D eigenvalue weighted by atomic mass is 32.1. The zero-order chi connectivity index (χ0) is 14.1. The fourth-order valence-electron chi connectivity index (χ4n) is 2.51. The summed E-state index contributed by atoms with van der Waals surface area (Å²) in [5.74, 6) is 0.170. The Morgan fingerprint density at radius 1 is 1.20 bits per heavy atom. The first-order valence-corrected chi connectivity index (χ1v) is 7.91. The second-order valence-corrected chi connectivity index (χ2v) is 6.44. The number of amides is 1. The predicted molar refractivity (Wildman–Crippen MR) is 78.9 cm³/mol. The van der Waals surface area contributed by atoms with Gasteiger partial charge in [0, 0.05) is 12.1 Å². The third-order valence-corrected chi connectivity index (χ3v) is 4.68. The van der Waals surface area contributed by atoms with E-state index < -0.39 is 0 Å². The summed E-state index contributed by atoms with van der Waals surface area (Å²) in [5.41, 5.74) is 6.30. The minimum atomic E-state index is -0.183. The molecule has 3 rings (SSSR count). The molecule has 2 aliphatic rings. The van der Waals surface area contributed by atoms with Crippen LogP contribution in [0.4, 0.5) is 10.8 Å². The van der Waals surface area contributed by atoms with Crippen LogP contribution in [0.5, 0.6) is 0 Å². The maximum absolute atomic E-state index is 12.2. The monoisotopic (exact) mass is 296 g/mol. The van der Waals surface area contributed by atoms with E-state index in [9.17, 15) is 9.90 Å². The molecule has 6 nitrogen and oxygen atoms in total. The van der Waals surface area contributed by atoms with E-state index in [-0.39, 0.29) is 18.1 Å². The van der Waals surface area contributed by atoms with Gasteiger partial charge >= 0.3 is 0 Å². The maximum Gasteiger partial charge on any atom is 0.258 e. The van der Waals surface area contributed by atoms with Crippen molar-refractivity contribution in [3.63, 3.8) is 0 Å². The van der Waals surface area contributed by atoms with Crippen molar-refractivity contribution in [3.05, 3.63) is 5.56 Å². The van der Waals surface area contributed by atoms with Gasteiger partial charge in [-0.3, -0.25) is 4.79 Å². The van der Waals surface area contributed by atoms with Gasteiger partial charge in [0.15, 0.2) is 5.82 Å². The molecule has 7 heteroatoms. The molecule has 110 valence electrons. The summed E-state index contributed by atoms with van der Waals surface area (Å²) in [6, 6.07) is 0.588. The van der Waals surface area contributed by atoms with E-state index in [2.05, 4.69) is 15.0 Å². The van der Waals surface area contributed by atoms with Gasteiger partial charge in [-0.2, -0.15) is 4.37 Å². The van der Waals surface area contributed by atoms with Gasteiger partial charge in [-0.05, 0) is 50.1 Å². The van der Waals surface area contributed by atoms with Crippen LogP contribution in [0.3, 0.4) is 0 Å². The number of carbonyl (C=O) groups is 1. The van der Waals surface area contributed by atoms with Crippen molar-refractivity contribution < 1.29 is 9.90 Å². The van der Waals surface area contributed by atoms with E-state index in [1.54, 1.807) is 0 Å². The van der Waals surface area contributed by atoms with Crippen LogP contribution in [-0.4, -0.2) is 33.6 Å². The zero-order valence-corrected chi connectivity index (χ0v) is 12.1. The molecule has 1 amide bonds. The Hall–Kier alpha value is -1.34. The number of nitrogens with two attached hydrogens (primary N) is 1. The van der Waals surface area contributed by atoms with Crippen LogP contribution in [-0.2, 0) is 0 Å². The lowest BCUT2D eigenvalue weighted by atomic mass is 9.93. The van der Waals surface area contributed by atoms with Crippen molar-refractivity contribution in [2.24, 2.45) is 0 Å². The number of carbonyl (C=O) groups excluding carboxylic acids is 1. The smallest absolute Gasteiger partial charge is 0.258 e. The second kappa shape index (κ2) is 5.57. The summed E-state index contributed by atoms with van der Waals surface area (Å²) in [4.78, 5) is 12.2. The predicted octanol–water partition coefficient (Wildman–Crippen LogP) is 1.33. The van der Waals surface area contributed by atoms with Crippen LogP contribution >= 0.6 is 11.5 Å². The average molecular weight is 296 g/mol. The SMILES string of the molecule is Nc1nsc(NC2CCC(O)CC2)c1C(=O)NC1CC1. The second-order valence-electron chi connectivity index (χ2n) is 5.67. The highest BCUT2D eigenvalue weighted by Gasteiger charge is 2.28. The van der Waals surface area contributed by atoms with Crippen molar-refractivity contribution in [3.8, 4) is 0 Å². The molecule has 0 bridgehead atoms. The number of hydrogen-bond donors (Lipinski definition) is 4. The molecule has 0 radical (unpaired) electrons. The third-order valence-electron chi connectivity index (χ3n) is 3.89. The maximum atomic E-state index is 12.2. The number of aliphatic hydroxyl groups excluding tert-OH is 1. The van der Waals surface area contributed by atoms with Gasteiger partial charge < -0.3 is 21.5 Å². The Morgan fingerprint density at radius 3 is 2.50 bits per heavy atom. The van der Waals surface area contributed by atoms with Crippen LogP contribution < -0.4 is 16.4 Å². The zero-order valence-electron chi connectivity index (χ0n) is 11.3. The number of hydrogen-bond acceptors (Lipinski definition) is 6. The van der Waals surface area contributed by atoms with Gasteiger partial charge in [0.05, 0.1) is 6.10 Å². The number of nitrogens with one attached hydrogen (secondary N) is 2. The molecule has 2 aliphatic carbocycles. The lowest BCUT2D eigenvalue weighted by molar-refractivity contribution is 0.0952. The van der Waals surface area contributed by atoms with E-state index in [0.29, 0.717) is 17.4 Å². The molecule has 1 aromatic rings. The molecule has 0 unspecified atom stereocenters. The Kier molecular flexibility index (Phi) is 3.80. The largest absolute Gasteiger partial charge is 0.393 e. The fourth-order valence-corrected chi connectivity index (χ4v) is 3.30. The summed E-state index contributed by atoms with van der Waals surface area (Å²) < 4.78 is 4.09.